The maximum Gasteiger partial charge on any atom is 0.243 e. The van der Waals surface area contributed by atoms with Crippen molar-refractivity contribution in [2.75, 3.05) is 40.1 Å². The Morgan fingerprint density at radius 1 is 1.19 bits per heavy atom. The molecule has 0 N–H and O–H groups in total. The highest BCUT2D eigenvalue weighted by atomic mass is 32.2. The van der Waals surface area contributed by atoms with Crippen LogP contribution in [0.3, 0.4) is 0 Å². The van der Waals surface area contributed by atoms with Gasteiger partial charge in [0.25, 0.3) is 0 Å². The summed E-state index contributed by atoms with van der Waals surface area (Å²) in [5.74, 6) is 0.665. The number of benzene rings is 1. The van der Waals surface area contributed by atoms with Crippen molar-refractivity contribution in [1.29, 1.82) is 0 Å². The van der Waals surface area contributed by atoms with E-state index in [4.69, 9.17) is 18.9 Å². The van der Waals surface area contributed by atoms with Crippen molar-refractivity contribution in [1.82, 2.24) is 4.31 Å². The Bertz CT molecular complexity index is 702. The van der Waals surface area contributed by atoms with E-state index in [1.54, 1.807) is 29.6 Å². The van der Waals surface area contributed by atoms with Gasteiger partial charge in [0.2, 0.25) is 10.0 Å². The summed E-state index contributed by atoms with van der Waals surface area (Å²) in [4.78, 5) is 0.277. The Morgan fingerprint density at radius 3 is 2.65 bits per heavy atom. The van der Waals surface area contributed by atoms with Crippen LogP contribution < -0.4 is 4.74 Å². The van der Waals surface area contributed by atoms with E-state index >= 15 is 0 Å². The molecule has 2 fully saturated rings. The molecule has 7 nitrogen and oxygen atoms in total. The first-order valence-corrected chi connectivity index (χ1v) is 10.5. The average molecular weight is 385 g/mol. The summed E-state index contributed by atoms with van der Waals surface area (Å²) in [7, 11) is -2.01. The normalized spacial score (nSPS) is 22.6. The lowest BCUT2D eigenvalue weighted by atomic mass is 10.0. The molecule has 0 radical (unpaired) electrons. The van der Waals surface area contributed by atoms with E-state index < -0.39 is 16.3 Å². The number of sulfonamides is 1. The predicted molar refractivity (Wildman–Crippen MR) is 95.8 cm³/mol. The highest BCUT2D eigenvalue weighted by molar-refractivity contribution is 7.89. The van der Waals surface area contributed by atoms with Crippen LogP contribution >= 0.6 is 0 Å². The maximum atomic E-state index is 13.2. The van der Waals surface area contributed by atoms with Gasteiger partial charge in [-0.25, -0.2) is 8.42 Å². The summed E-state index contributed by atoms with van der Waals surface area (Å²) in [5, 5.41) is 0. The average Bonchev–Trinajstić information content (AvgIpc) is 3.18. The monoisotopic (exact) mass is 385 g/mol. The fraction of sp³-hybridized carbons (Fsp3) is 0.667. The van der Waals surface area contributed by atoms with Crippen molar-refractivity contribution < 1.29 is 27.4 Å². The smallest absolute Gasteiger partial charge is 0.243 e. The largest absolute Gasteiger partial charge is 0.491 e. The lowest BCUT2D eigenvalue weighted by Gasteiger charge is -2.36. The molecule has 0 bridgehead atoms. The molecular formula is C18H27NO6S. The SMILES string of the molecule is COCCOc1ccc(S(=O)(=O)N2CCCC[C@H]2C2OCCO2)cc1C. The first-order valence-electron chi connectivity index (χ1n) is 9.01. The molecule has 2 aliphatic rings. The third kappa shape index (κ3) is 4.20. The van der Waals surface area contributed by atoms with E-state index in [1.165, 1.54) is 0 Å². The van der Waals surface area contributed by atoms with Gasteiger partial charge in [0.1, 0.15) is 12.4 Å². The Hall–Kier alpha value is -1.19. The summed E-state index contributed by atoms with van der Waals surface area (Å²) < 4.78 is 49.8. The molecule has 146 valence electrons. The van der Waals surface area contributed by atoms with Gasteiger partial charge in [-0.05, 0) is 43.5 Å². The summed E-state index contributed by atoms with van der Waals surface area (Å²) in [6.07, 6.45) is 2.11. The summed E-state index contributed by atoms with van der Waals surface area (Å²) in [6.45, 7) is 4.27. The van der Waals surface area contributed by atoms with Gasteiger partial charge in [0.05, 0.1) is 30.8 Å². The molecule has 3 rings (SSSR count). The molecule has 0 aliphatic carbocycles. The molecular weight excluding hydrogens is 358 g/mol. The van der Waals surface area contributed by atoms with Gasteiger partial charge in [0, 0.05) is 13.7 Å². The third-order valence-electron chi connectivity index (χ3n) is 4.76. The highest BCUT2D eigenvalue weighted by Gasteiger charge is 2.40. The molecule has 0 amide bonds. The highest BCUT2D eigenvalue weighted by Crippen LogP contribution is 2.31. The molecule has 26 heavy (non-hydrogen) atoms. The number of hydrogen-bond acceptors (Lipinski definition) is 6. The van der Waals surface area contributed by atoms with Gasteiger partial charge >= 0.3 is 0 Å². The number of rotatable bonds is 7. The molecule has 0 aromatic heterocycles. The molecule has 2 saturated heterocycles. The Labute approximate surface area is 155 Å². The zero-order chi connectivity index (χ0) is 18.6. The van der Waals surface area contributed by atoms with Crippen LogP contribution in [0.5, 0.6) is 5.75 Å². The Kier molecular flexibility index (Phi) is 6.52. The topological polar surface area (TPSA) is 74.3 Å². The molecule has 0 spiro atoms. The van der Waals surface area contributed by atoms with Crippen molar-refractivity contribution in [2.24, 2.45) is 0 Å². The van der Waals surface area contributed by atoms with Crippen molar-refractivity contribution in [3.63, 3.8) is 0 Å². The van der Waals surface area contributed by atoms with Crippen LogP contribution in [0.4, 0.5) is 0 Å². The van der Waals surface area contributed by atoms with E-state index in [0.29, 0.717) is 38.7 Å². The van der Waals surface area contributed by atoms with Crippen LogP contribution in [0.1, 0.15) is 24.8 Å². The minimum Gasteiger partial charge on any atom is -0.491 e. The standard InChI is InChI=1S/C18H27NO6S/c1-14-13-15(6-7-17(14)23-10-9-22-2)26(20,21)19-8-4-3-5-16(19)18-24-11-12-25-18/h6-7,13,16,18H,3-5,8-12H2,1-2H3/t16-/m0/s1. The quantitative estimate of drug-likeness (QED) is 0.668. The maximum absolute atomic E-state index is 13.2. The molecule has 1 aromatic carbocycles. The summed E-state index contributed by atoms with van der Waals surface area (Å²) in [5.41, 5.74) is 0.782. The number of piperidine rings is 1. The first-order chi connectivity index (χ1) is 12.5. The molecule has 0 saturated carbocycles. The zero-order valence-electron chi connectivity index (χ0n) is 15.3. The van der Waals surface area contributed by atoms with Gasteiger partial charge in [-0.15, -0.1) is 0 Å². The van der Waals surface area contributed by atoms with Crippen LogP contribution in [0.15, 0.2) is 23.1 Å². The predicted octanol–water partition coefficient (Wildman–Crippen LogP) is 1.94. The van der Waals surface area contributed by atoms with E-state index in [2.05, 4.69) is 0 Å². The number of methoxy groups -OCH3 is 1. The molecule has 1 aromatic rings. The second-order valence-electron chi connectivity index (χ2n) is 6.56. The third-order valence-corrected chi connectivity index (χ3v) is 6.68. The minimum absolute atomic E-state index is 0.269. The first kappa shape index (κ1) is 19.6. The lowest BCUT2D eigenvalue weighted by molar-refractivity contribution is -0.0913. The number of hydrogen-bond donors (Lipinski definition) is 0. The van der Waals surface area contributed by atoms with E-state index in [1.807, 2.05) is 6.92 Å². The van der Waals surface area contributed by atoms with Crippen molar-refractivity contribution in [2.45, 2.75) is 43.4 Å². The fourth-order valence-electron chi connectivity index (χ4n) is 3.41. The second-order valence-corrected chi connectivity index (χ2v) is 8.45. The molecule has 2 aliphatic heterocycles. The molecule has 2 heterocycles. The van der Waals surface area contributed by atoms with E-state index in [9.17, 15) is 8.42 Å². The summed E-state index contributed by atoms with van der Waals surface area (Å²) in [6, 6.07) is 4.71. The zero-order valence-corrected chi connectivity index (χ0v) is 16.2. The van der Waals surface area contributed by atoms with Gasteiger partial charge in [0.15, 0.2) is 6.29 Å². The van der Waals surface area contributed by atoms with Crippen LogP contribution in [0, 0.1) is 6.92 Å². The van der Waals surface area contributed by atoms with Gasteiger partial charge in [-0.1, -0.05) is 6.42 Å². The van der Waals surface area contributed by atoms with E-state index in [-0.39, 0.29) is 10.9 Å². The van der Waals surface area contributed by atoms with Crippen molar-refractivity contribution in [3.8, 4) is 5.75 Å². The lowest BCUT2D eigenvalue weighted by Crippen LogP contribution is -2.50. The van der Waals surface area contributed by atoms with Crippen LogP contribution in [-0.2, 0) is 24.2 Å². The number of nitrogens with zero attached hydrogens (tertiary/aromatic N) is 1. The van der Waals surface area contributed by atoms with Crippen LogP contribution in [0.25, 0.3) is 0 Å². The molecule has 0 unspecified atom stereocenters. The van der Waals surface area contributed by atoms with Gasteiger partial charge in [-0.2, -0.15) is 4.31 Å². The Balaban J connectivity index is 1.80. The Morgan fingerprint density at radius 2 is 1.96 bits per heavy atom. The van der Waals surface area contributed by atoms with Crippen LogP contribution in [-0.4, -0.2) is 65.1 Å². The number of aryl methyl sites for hydroxylation is 1. The molecule has 1 atom stereocenters. The minimum atomic E-state index is -3.62. The van der Waals surface area contributed by atoms with E-state index in [0.717, 1.165) is 24.8 Å². The van der Waals surface area contributed by atoms with Crippen molar-refractivity contribution >= 4 is 10.0 Å². The fourth-order valence-corrected chi connectivity index (χ4v) is 5.18. The summed E-state index contributed by atoms with van der Waals surface area (Å²) >= 11 is 0. The van der Waals surface area contributed by atoms with Gasteiger partial charge in [-0.3, -0.25) is 0 Å². The second kappa shape index (κ2) is 8.67. The van der Waals surface area contributed by atoms with Gasteiger partial charge < -0.3 is 18.9 Å². The molecule has 8 heteroatoms. The number of ether oxygens (including phenoxy) is 4. The van der Waals surface area contributed by atoms with Crippen LogP contribution in [0.2, 0.25) is 0 Å². The van der Waals surface area contributed by atoms with Crippen molar-refractivity contribution in [3.05, 3.63) is 23.8 Å².